The lowest BCUT2D eigenvalue weighted by atomic mass is 10.1. The number of carbonyl (C=O) groups excluding carboxylic acids is 1. The number of hydrogen-bond acceptors (Lipinski definition) is 2. The number of rotatable bonds is 4. The van der Waals surface area contributed by atoms with E-state index in [1.165, 1.54) is 12.1 Å². The van der Waals surface area contributed by atoms with Gasteiger partial charge in [0.05, 0.1) is 11.6 Å². The number of benzene rings is 1. The Kier molecular flexibility index (Phi) is 4.89. The Morgan fingerprint density at radius 3 is 2.88 bits per heavy atom. The molecule has 5 heteroatoms. The third-order valence-electron chi connectivity index (χ3n) is 2.33. The summed E-state index contributed by atoms with van der Waals surface area (Å²) in [5.74, 6) is -0.983. The van der Waals surface area contributed by atoms with E-state index in [9.17, 15) is 9.18 Å². The molecule has 1 atom stereocenters. The molecule has 16 heavy (non-hydrogen) atoms. The van der Waals surface area contributed by atoms with E-state index in [1.807, 2.05) is 6.92 Å². The van der Waals surface area contributed by atoms with Crippen LogP contribution in [0.2, 0.25) is 0 Å². The van der Waals surface area contributed by atoms with Crippen molar-refractivity contribution in [2.24, 2.45) is 11.7 Å². The molecular formula is C11H14BrFN2O. The summed E-state index contributed by atoms with van der Waals surface area (Å²) in [4.78, 5) is 11.7. The average Bonchev–Trinajstić information content (AvgIpc) is 2.25. The van der Waals surface area contributed by atoms with E-state index in [0.717, 1.165) is 0 Å². The Morgan fingerprint density at radius 2 is 2.31 bits per heavy atom. The zero-order valence-electron chi connectivity index (χ0n) is 8.97. The quantitative estimate of drug-likeness (QED) is 0.894. The molecule has 0 spiro atoms. The lowest BCUT2D eigenvalue weighted by Gasteiger charge is -2.13. The van der Waals surface area contributed by atoms with Crippen LogP contribution in [0.5, 0.6) is 0 Å². The van der Waals surface area contributed by atoms with Crippen LogP contribution in [0.4, 0.5) is 10.1 Å². The Morgan fingerprint density at radius 1 is 1.62 bits per heavy atom. The van der Waals surface area contributed by atoms with Gasteiger partial charge in [0.25, 0.3) is 0 Å². The first-order valence-electron chi connectivity index (χ1n) is 5.04. The maximum absolute atomic E-state index is 13.3. The summed E-state index contributed by atoms with van der Waals surface area (Å²) in [6, 6.07) is 4.39. The highest BCUT2D eigenvalue weighted by Gasteiger charge is 2.16. The highest BCUT2D eigenvalue weighted by Crippen LogP contribution is 2.20. The number of carbonyl (C=O) groups is 1. The molecule has 3 nitrogen and oxygen atoms in total. The van der Waals surface area contributed by atoms with Gasteiger partial charge in [-0.3, -0.25) is 4.79 Å². The Hall–Kier alpha value is -0.940. The molecule has 88 valence electrons. The van der Waals surface area contributed by atoms with Crippen LogP contribution in [0.25, 0.3) is 0 Å². The second kappa shape index (κ2) is 5.96. The number of anilines is 1. The molecule has 1 rings (SSSR count). The van der Waals surface area contributed by atoms with E-state index in [1.54, 1.807) is 6.07 Å². The molecule has 1 aromatic rings. The van der Waals surface area contributed by atoms with Crippen molar-refractivity contribution >= 4 is 27.5 Å². The maximum Gasteiger partial charge on any atom is 0.228 e. The van der Waals surface area contributed by atoms with Crippen LogP contribution in [0, 0.1) is 11.7 Å². The van der Waals surface area contributed by atoms with E-state index < -0.39 is 5.82 Å². The van der Waals surface area contributed by atoms with Gasteiger partial charge in [0.15, 0.2) is 0 Å². The van der Waals surface area contributed by atoms with E-state index in [-0.39, 0.29) is 24.1 Å². The summed E-state index contributed by atoms with van der Waals surface area (Å²) in [6.07, 6.45) is 0.637. The predicted octanol–water partition coefficient (Wildman–Crippen LogP) is 2.51. The number of halogens is 2. The fourth-order valence-electron chi connectivity index (χ4n) is 1.29. The first-order valence-corrected chi connectivity index (χ1v) is 5.83. The van der Waals surface area contributed by atoms with Gasteiger partial charge in [-0.05, 0) is 24.6 Å². The molecule has 0 heterocycles. The average molecular weight is 289 g/mol. The van der Waals surface area contributed by atoms with Crippen molar-refractivity contribution in [3.8, 4) is 0 Å². The molecule has 0 aromatic heterocycles. The van der Waals surface area contributed by atoms with Gasteiger partial charge in [-0.25, -0.2) is 4.39 Å². The largest absolute Gasteiger partial charge is 0.330 e. The SMILES string of the molecule is CCC(CN)C(=O)Nc1cc(Br)ccc1F. The minimum Gasteiger partial charge on any atom is -0.330 e. The molecule has 0 saturated heterocycles. The van der Waals surface area contributed by atoms with Gasteiger partial charge in [-0.2, -0.15) is 0 Å². The smallest absolute Gasteiger partial charge is 0.228 e. The van der Waals surface area contributed by atoms with Gasteiger partial charge < -0.3 is 11.1 Å². The van der Waals surface area contributed by atoms with Gasteiger partial charge in [0.1, 0.15) is 5.82 Å². The van der Waals surface area contributed by atoms with Crippen molar-refractivity contribution < 1.29 is 9.18 Å². The fraction of sp³-hybridized carbons (Fsp3) is 0.364. The molecule has 0 saturated carbocycles. The molecule has 0 aliphatic heterocycles. The Balaban J connectivity index is 2.80. The molecule has 1 unspecified atom stereocenters. The number of amides is 1. The van der Waals surface area contributed by atoms with Gasteiger partial charge in [0, 0.05) is 11.0 Å². The highest BCUT2D eigenvalue weighted by atomic mass is 79.9. The Labute approximate surface area is 102 Å². The fourth-order valence-corrected chi connectivity index (χ4v) is 1.65. The first-order chi connectivity index (χ1) is 7.58. The van der Waals surface area contributed by atoms with Gasteiger partial charge >= 0.3 is 0 Å². The van der Waals surface area contributed by atoms with E-state index >= 15 is 0 Å². The van der Waals surface area contributed by atoms with Crippen molar-refractivity contribution in [3.05, 3.63) is 28.5 Å². The standard InChI is InChI=1S/C11H14BrFN2O/c1-2-7(6-14)11(16)15-10-5-8(12)3-4-9(10)13/h3-5,7H,2,6,14H2,1H3,(H,15,16). The molecular weight excluding hydrogens is 275 g/mol. The van der Waals surface area contributed by atoms with Crippen molar-refractivity contribution in [2.45, 2.75) is 13.3 Å². The minimum absolute atomic E-state index is 0.172. The maximum atomic E-state index is 13.3. The zero-order valence-corrected chi connectivity index (χ0v) is 10.6. The lowest BCUT2D eigenvalue weighted by Crippen LogP contribution is -2.28. The molecule has 0 radical (unpaired) electrons. The Bertz CT molecular complexity index is 380. The van der Waals surface area contributed by atoms with Crippen LogP contribution >= 0.6 is 15.9 Å². The van der Waals surface area contributed by atoms with Crippen LogP contribution in [0.3, 0.4) is 0 Å². The van der Waals surface area contributed by atoms with E-state index in [4.69, 9.17) is 5.73 Å². The summed E-state index contributed by atoms with van der Waals surface area (Å²) >= 11 is 3.21. The van der Waals surface area contributed by atoms with Crippen LogP contribution in [-0.4, -0.2) is 12.5 Å². The molecule has 3 N–H and O–H groups in total. The second-order valence-electron chi connectivity index (χ2n) is 3.45. The van der Waals surface area contributed by atoms with Crippen LogP contribution < -0.4 is 11.1 Å². The minimum atomic E-state index is -0.455. The molecule has 0 aliphatic carbocycles. The summed E-state index contributed by atoms with van der Waals surface area (Å²) in [5, 5.41) is 2.53. The monoisotopic (exact) mass is 288 g/mol. The molecule has 0 aliphatic rings. The van der Waals surface area contributed by atoms with Crippen molar-refractivity contribution in [3.63, 3.8) is 0 Å². The summed E-state index contributed by atoms with van der Waals surface area (Å²) in [7, 11) is 0. The van der Waals surface area contributed by atoms with Crippen molar-refractivity contribution in [1.82, 2.24) is 0 Å². The van der Waals surface area contributed by atoms with E-state index in [0.29, 0.717) is 10.9 Å². The molecule has 1 aromatic carbocycles. The number of nitrogens with two attached hydrogens (primary N) is 1. The molecule has 1 amide bonds. The van der Waals surface area contributed by atoms with Crippen LogP contribution in [0.15, 0.2) is 22.7 Å². The van der Waals surface area contributed by atoms with Crippen molar-refractivity contribution in [1.29, 1.82) is 0 Å². The lowest BCUT2D eigenvalue weighted by molar-refractivity contribution is -0.119. The van der Waals surface area contributed by atoms with Gasteiger partial charge in [-0.1, -0.05) is 22.9 Å². The molecule has 0 fully saturated rings. The highest BCUT2D eigenvalue weighted by molar-refractivity contribution is 9.10. The summed E-state index contributed by atoms with van der Waals surface area (Å²) < 4.78 is 14.0. The van der Waals surface area contributed by atoms with Crippen molar-refractivity contribution in [2.75, 3.05) is 11.9 Å². The number of nitrogens with one attached hydrogen (secondary N) is 1. The third kappa shape index (κ3) is 3.28. The van der Waals surface area contributed by atoms with E-state index in [2.05, 4.69) is 21.2 Å². The summed E-state index contributed by atoms with van der Waals surface area (Å²) in [5.41, 5.74) is 5.61. The predicted molar refractivity (Wildman–Crippen MR) is 65.6 cm³/mol. The van der Waals surface area contributed by atoms with Crippen LogP contribution in [0.1, 0.15) is 13.3 Å². The normalized spacial score (nSPS) is 12.2. The second-order valence-corrected chi connectivity index (χ2v) is 4.37. The number of hydrogen-bond donors (Lipinski definition) is 2. The van der Waals surface area contributed by atoms with Crippen LogP contribution in [-0.2, 0) is 4.79 Å². The summed E-state index contributed by atoms with van der Waals surface area (Å²) in [6.45, 7) is 2.13. The van der Waals surface area contributed by atoms with Gasteiger partial charge in [0.2, 0.25) is 5.91 Å². The topological polar surface area (TPSA) is 55.1 Å². The zero-order chi connectivity index (χ0) is 12.1. The van der Waals surface area contributed by atoms with Gasteiger partial charge in [-0.15, -0.1) is 0 Å². The first kappa shape index (κ1) is 13.1. The molecule has 0 bridgehead atoms. The third-order valence-corrected chi connectivity index (χ3v) is 2.83.